The van der Waals surface area contributed by atoms with Gasteiger partial charge in [0.1, 0.15) is 11.6 Å². The highest BCUT2D eigenvalue weighted by Gasteiger charge is 2.26. The van der Waals surface area contributed by atoms with Gasteiger partial charge in [-0.25, -0.2) is 12.4 Å². The van der Waals surface area contributed by atoms with Crippen LogP contribution in [-0.4, -0.2) is 72.5 Å². The zero-order valence-corrected chi connectivity index (χ0v) is 28.1. The number of piperazine rings is 1. The highest BCUT2D eigenvalue weighted by molar-refractivity contribution is 7.90. The minimum absolute atomic E-state index is 0.136. The fourth-order valence-electron chi connectivity index (χ4n) is 6.27. The van der Waals surface area contributed by atoms with Crippen molar-refractivity contribution >= 4 is 55.8 Å². The van der Waals surface area contributed by atoms with E-state index in [4.69, 9.17) is 14.7 Å². The third-order valence-corrected chi connectivity index (χ3v) is 10.7. The predicted molar refractivity (Wildman–Crippen MR) is 187 cm³/mol. The maximum Gasteiger partial charge on any atom is 0.269 e. The quantitative estimate of drug-likeness (QED) is 0.192. The van der Waals surface area contributed by atoms with Crippen molar-refractivity contribution < 1.29 is 17.9 Å². The number of rotatable bonds is 9. The lowest BCUT2D eigenvalue weighted by molar-refractivity contribution is 0.0966. The van der Waals surface area contributed by atoms with Crippen molar-refractivity contribution in [3.8, 4) is 5.75 Å². The molecule has 7 rings (SSSR count). The molecule has 48 heavy (non-hydrogen) atoms. The summed E-state index contributed by atoms with van der Waals surface area (Å²) in [5.74, 6) is 0.897. The second-order valence-corrected chi connectivity index (χ2v) is 14.2. The average molecular weight is 667 g/mol. The number of benzene rings is 3. The number of nitrogens with zero attached hydrogens (tertiary/aromatic N) is 5. The van der Waals surface area contributed by atoms with E-state index in [0.29, 0.717) is 46.5 Å². The number of nitrogens with one attached hydrogen (secondary N) is 3. The Bertz CT molecular complexity index is 2120. The SMILES string of the molecule is COc1cc(N2CCN(C(C)C)CC2)ccc1Nc1nc(Nc2cccc3c2C(=O)NC3)c2ccn(S(=O)(=O)c3ccc(C)cc3)c2n1. The van der Waals surface area contributed by atoms with Gasteiger partial charge in [0.25, 0.3) is 15.9 Å². The number of hydrogen-bond donors (Lipinski definition) is 3. The van der Waals surface area contributed by atoms with Crippen molar-refractivity contribution in [1.29, 1.82) is 0 Å². The first-order chi connectivity index (χ1) is 23.1. The first kappa shape index (κ1) is 31.5. The number of amides is 1. The van der Waals surface area contributed by atoms with Crippen molar-refractivity contribution in [3.63, 3.8) is 0 Å². The molecule has 3 aromatic carbocycles. The van der Waals surface area contributed by atoms with Gasteiger partial charge in [0.05, 0.1) is 34.3 Å². The standard InChI is InChI=1S/C35H38N8O4S/c1-22(2)41-16-18-42(19-17-41)25-10-13-28(30(20-25)47-4)38-35-39-32(37-29-7-5-6-24-21-36-34(44)31(24)29)27-14-15-43(33(27)40-35)48(45,46)26-11-8-23(3)9-12-26/h5-15,20,22H,16-19,21H2,1-4H3,(H,36,44)(H2,37,38,39,40). The predicted octanol–water partition coefficient (Wildman–Crippen LogP) is 5.25. The van der Waals surface area contributed by atoms with Crippen molar-refractivity contribution in [2.75, 3.05) is 48.8 Å². The van der Waals surface area contributed by atoms with E-state index < -0.39 is 10.0 Å². The molecule has 0 aliphatic carbocycles. The van der Waals surface area contributed by atoms with Crippen LogP contribution in [0.4, 0.5) is 28.8 Å². The summed E-state index contributed by atoms with van der Waals surface area (Å²) in [4.78, 5) is 27.2. The molecule has 0 bridgehead atoms. The molecule has 248 valence electrons. The normalized spacial score (nSPS) is 15.1. The minimum Gasteiger partial charge on any atom is -0.494 e. The Morgan fingerprint density at radius 1 is 0.917 bits per heavy atom. The summed E-state index contributed by atoms with van der Waals surface area (Å²) in [5, 5.41) is 9.90. The van der Waals surface area contributed by atoms with Crippen LogP contribution >= 0.6 is 0 Å². The summed E-state index contributed by atoms with van der Waals surface area (Å²) in [5.41, 5.74) is 4.73. The Kier molecular flexibility index (Phi) is 8.17. The maximum absolute atomic E-state index is 13.9. The molecule has 2 aliphatic rings. The monoisotopic (exact) mass is 666 g/mol. The third kappa shape index (κ3) is 5.79. The molecular formula is C35H38N8O4S. The number of hydrogen-bond acceptors (Lipinski definition) is 10. The van der Waals surface area contributed by atoms with Gasteiger partial charge in [0.15, 0.2) is 5.65 Å². The fraction of sp³-hybridized carbons (Fsp3) is 0.286. The Balaban J connectivity index is 1.28. The smallest absolute Gasteiger partial charge is 0.269 e. The molecule has 0 radical (unpaired) electrons. The van der Waals surface area contributed by atoms with Crippen molar-refractivity contribution in [2.24, 2.45) is 0 Å². The summed E-state index contributed by atoms with van der Waals surface area (Å²) in [7, 11) is -2.39. The van der Waals surface area contributed by atoms with Crippen LogP contribution in [0, 0.1) is 6.92 Å². The van der Waals surface area contributed by atoms with Gasteiger partial charge in [-0.15, -0.1) is 0 Å². The third-order valence-electron chi connectivity index (χ3n) is 9.00. The van der Waals surface area contributed by atoms with Gasteiger partial charge in [-0.2, -0.15) is 9.97 Å². The van der Waals surface area contributed by atoms with E-state index in [9.17, 15) is 13.2 Å². The van der Waals surface area contributed by atoms with E-state index in [0.717, 1.165) is 47.0 Å². The molecule has 0 atom stereocenters. The van der Waals surface area contributed by atoms with Crippen molar-refractivity contribution in [1.82, 2.24) is 24.2 Å². The number of methoxy groups -OCH3 is 1. The zero-order valence-electron chi connectivity index (χ0n) is 27.3. The lowest BCUT2D eigenvalue weighted by Gasteiger charge is -2.38. The lowest BCUT2D eigenvalue weighted by atomic mass is 10.1. The molecule has 5 aromatic rings. The van der Waals surface area contributed by atoms with Gasteiger partial charge in [-0.05, 0) is 62.7 Å². The minimum atomic E-state index is -4.00. The number of aryl methyl sites for hydroxylation is 1. The molecule has 0 unspecified atom stereocenters. The molecule has 3 N–H and O–H groups in total. The van der Waals surface area contributed by atoms with Crippen molar-refractivity contribution in [2.45, 2.75) is 38.3 Å². The molecule has 2 aliphatic heterocycles. The van der Waals surface area contributed by atoms with Gasteiger partial charge >= 0.3 is 0 Å². The molecule has 0 saturated carbocycles. The first-order valence-corrected chi connectivity index (χ1v) is 17.4. The zero-order chi connectivity index (χ0) is 33.6. The van der Waals surface area contributed by atoms with Crippen LogP contribution in [0.2, 0.25) is 0 Å². The second-order valence-electron chi connectivity index (χ2n) is 12.3. The van der Waals surface area contributed by atoms with Gasteiger partial charge in [0.2, 0.25) is 5.95 Å². The van der Waals surface area contributed by atoms with E-state index in [1.807, 2.05) is 37.3 Å². The Morgan fingerprint density at radius 3 is 2.42 bits per heavy atom. The molecule has 1 amide bonds. The fourth-order valence-corrected chi connectivity index (χ4v) is 7.56. The van der Waals surface area contributed by atoms with Crippen LogP contribution in [-0.2, 0) is 16.6 Å². The van der Waals surface area contributed by atoms with Gasteiger partial charge < -0.3 is 25.6 Å². The molecule has 0 spiro atoms. The molecule has 12 nitrogen and oxygen atoms in total. The van der Waals surface area contributed by atoms with Crippen LogP contribution in [0.5, 0.6) is 5.75 Å². The van der Waals surface area contributed by atoms with E-state index >= 15 is 0 Å². The first-order valence-electron chi connectivity index (χ1n) is 15.9. The van der Waals surface area contributed by atoms with E-state index in [1.54, 1.807) is 43.5 Å². The van der Waals surface area contributed by atoms with Crippen LogP contribution in [0.3, 0.4) is 0 Å². The largest absolute Gasteiger partial charge is 0.494 e. The summed E-state index contributed by atoms with van der Waals surface area (Å²) >= 11 is 0. The van der Waals surface area contributed by atoms with Gasteiger partial charge in [0, 0.05) is 56.7 Å². The molecule has 1 saturated heterocycles. The summed E-state index contributed by atoms with van der Waals surface area (Å²) in [6.07, 6.45) is 1.47. The number of anilines is 5. The topological polar surface area (TPSA) is 134 Å². The Morgan fingerprint density at radius 2 is 1.69 bits per heavy atom. The highest BCUT2D eigenvalue weighted by Crippen LogP contribution is 2.35. The van der Waals surface area contributed by atoms with E-state index in [-0.39, 0.29) is 22.4 Å². The molecule has 13 heteroatoms. The van der Waals surface area contributed by atoms with Crippen LogP contribution in [0.1, 0.15) is 35.3 Å². The van der Waals surface area contributed by atoms with Gasteiger partial charge in [-0.3, -0.25) is 9.69 Å². The Hall–Kier alpha value is -5.14. The van der Waals surface area contributed by atoms with Crippen LogP contribution < -0.4 is 25.6 Å². The van der Waals surface area contributed by atoms with Crippen LogP contribution in [0.25, 0.3) is 11.0 Å². The van der Waals surface area contributed by atoms with Crippen LogP contribution in [0.15, 0.2) is 77.8 Å². The van der Waals surface area contributed by atoms with E-state index in [1.165, 1.54) is 6.20 Å². The van der Waals surface area contributed by atoms with Gasteiger partial charge in [-0.1, -0.05) is 29.8 Å². The number of aromatic nitrogens is 3. The number of ether oxygens (including phenoxy) is 1. The molecule has 2 aromatic heterocycles. The highest BCUT2D eigenvalue weighted by atomic mass is 32.2. The number of carbonyl (C=O) groups excluding carboxylic acids is 1. The van der Waals surface area contributed by atoms with Crippen molar-refractivity contribution in [3.05, 3.63) is 89.6 Å². The maximum atomic E-state index is 13.9. The lowest BCUT2D eigenvalue weighted by Crippen LogP contribution is -2.48. The summed E-state index contributed by atoms with van der Waals surface area (Å²) in [6, 6.07) is 20.3. The summed E-state index contributed by atoms with van der Waals surface area (Å²) < 4.78 is 34.7. The van der Waals surface area contributed by atoms with E-state index in [2.05, 4.69) is 39.6 Å². The number of fused-ring (bicyclic) bond motifs is 2. The Labute approximate surface area is 279 Å². The summed E-state index contributed by atoms with van der Waals surface area (Å²) in [6.45, 7) is 10.6. The molecule has 1 fully saturated rings. The number of carbonyl (C=O) groups is 1. The second kappa shape index (κ2) is 12.5. The molecular weight excluding hydrogens is 629 g/mol. The molecule has 4 heterocycles. The average Bonchev–Trinajstić information content (AvgIpc) is 3.70.